The van der Waals surface area contributed by atoms with Gasteiger partial charge >= 0.3 is 12.1 Å². The van der Waals surface area contributed by atoms with Crippen molar-refractivity contribution in [2.24, 2.45) is 0 Å². The highest BCUT2D eigenvalue weighted by atomic mass is 32.1. The molecule has 0 amide bonds. The van der Waals surface area contributed by atoms with E-state index in [0.717, 1.165) is 12.1 Å². The topological polar surface area (TPSA) is 66.2 Å². The first kappa shape index (κ1) is 21.0. The first-order valence-electron chi connectivity index (χ1n) is 8.73. The highest BCUT2D eigenvalue weighted by Crippen LogP contribution is 2.32. The van der Waals surface area contributed by atoms with Crippen molar-refractivity contribution in [3.63, 3.8) is 0 Å². The zero-order chi connectivity index (χ0) is 21.0. The Bertz CT molecular complexity index is 969. The summed E-state index contributed by atoms with van der Waals surface area (Å²) in [6.07, 6.45) is -4.50. The maximum Gasteiger partial charge on any atom is 0.416 e. The van der Waals surface area contributed by atoms with Crippen LogP contribution >= 0.6 is 11.3 Å². The minimum absolute atomic E-state index is 0.00243. The van der Waals surface area contributed by atoms with Crippen LogP contribution in [-0.2, 0) is 15.7 Å². The van der Waals surface area contributed by atoms with Crippen molar-refractivity contribution >= 4 is 17.3 Å². The summed E-state index contributed by atoms with van der Waals surface area (Å²) in [5, 5.41) is 5.90. The molecule has 0 aliphatic rings. The van der Waals surface area contributed by atoms with E-state index in [1.165, 1.54) is 28.2 Å². The molecule has 0 saturated carbocycles. The molecule has 0 unspecified atom stereocenters. The van der Waals surface area contributed by atoms with Gasteiger partial charge in [0.1, 0.15) is 6.61 Å². The SMILES string of the molecule is CC(C)OCCOC(=O)c1nc(-c2cccs2)n(-c2cccc(C(F)(F)F)c2)n1. The minimum atomic E-state index is -4.50. The summed E-state index contributed by atoms with van der Waals surface area (Å²) in [6, 6.07) is 8.18. The number of ether oxygens (including phenoxy) is 2. The molecule has 2 heterocycles. The summed E-state index contributed by atoms with van der Waals surface area (Å²) in [4.78, 5) is 17.1. The summed E-state index contributed by atoms with van der Waals surface area (Å²) >= 11 is 1.33. The molecule has 0 radical (unpaired) electrons. The molecular weight excluding hydrogens is 407 g/mol. The van der Waals surface area contributed by atoms with E-state index in [-0.39, 0.29) is 36.7 Å². The Morgan fingerprint density at radius 3 is 2.66 bits per heavy atom. The van der Waals surface area contributed by atoms with Crippen LogP contribution in [0.4, 0.5) is 13.2 Å². The Morgan fingerprint density at radius 1 is 1.21 bits per heavy atom. The predicted octanol–water partition coefficient (Wildman–Crippen LogP) is 4.60. The van der Waals surface area contributed by atoms with Crippen molar-refractivity contribution in [1.29, 1.82) is 0 Å². The van der Waals surface area contributed by atoms with Crippen molar-refractivity contribution in [1.82, 2.24) is 14.8 Å². The second-order valence-corrected chi connectivity index (χ2v) is 7.20. The largest absolute Gasteiger partial charge is 0.457 e. The number of hydrogen-bond donors (Lipinski definition) is 0. The second kappa shape index (κ2) is 8.75. The van der Waals surface area contributed by atoms with E-state index >= 15 is 0 Å². The molecule has 0 aliphatic carbocycles. The summed E-state index contributed by atoms with van der Waals surface area (Å²) in [6.45, 7) is 3.94. The Balaban J connectivity index is 1.92. The average molecular weight is 425 g/mol. The Morgan fingerprint density at radius 2 is 2.00 bits per heavy atom. The first-order valence-corrected chi connectivity index (χ1v) is 9.61. The predicted molar refractivity (Wildman–Crippen MR) is 101 cm³/mol. The van der Waals surface area contributed by atoms with Gasteiger partial charge in [0, 0.05) is 0 Å². The number of benzene rings is 1. The smallest absolute Gasteiger partial charge is 0.416 e. The van der Waals surface area contributed by atoms with Crippen molar-refractivity contribution in [2.75, 3.05) is 13.2 Å². The Kier molecular flexibility index (Phi) is 6.33. The Hall–Kier alpha value is -2.72. The summed E-state index contributed by atoms with van der Waals surface area (Å²) in [5.41, 5.74) is -0.685. The van der Waals surface area contributed by atoms with Gasteiger partial charge in [0.15, 0.2) is 5.82 Å². The summed E-state index contributed by atoms with van der Waals surface area (Å²) in [5.74, 6) is -0.763. The molecule has 10 heteroatoms. The summed E-state index contributed by atoms with van der Waals surface area (Å²) < 4.78 is 50.9. The number of carbonyl (C=O) groups is 1. The molecule has 6 nitrogen and oxygen atoms in total. The number of thiophene rings is 1. The van der Waals surface area contributed by atoms with Crippen LogP contribution in [0.1, 0.15) is 30.0 Å². The van der Waals surface area contributed by atoms with E-state index < -0.39 is 17.7 Å². The van der Waals surface area contributed by atoms with E-state index in [0.29, 0.717) is 4.88 Å². The molecule has 154 valence electrons. The van der Waals surface area contributed by atoms with Crippen LogP contribution in [0, 0.1) is 0 Å². The average Bonchev–Trinajstić information content (AvgIpc) is 3.33. The summed E-state index contributed by atoms with van der Waals surface area (Å²) in [7, 11) is 0. The number of aromatic nitrogens is 3. The van der Waals surface area contributed by atoms with Crippen LogP contribution in [-0.4, -0.2) is 40.1 Å². The number of halogens is 3. The highest BCUT2D eigenvalue weighted by Gasteiger charge is 2.31. The van der Waals surface area contributed by atoms with Gasteiger partial charge in [0.25, 0.3) is 5.82 Å². The van der Waals surface area contributed by atoms with Gasteiger partial charge in [-0.2, -0.15) is 18.2 Å². The molecule has 0 aliphatic heterocycles. The molecule has 0 fully saturated rings. The maximum absolute atomic E-state index is 13.1. The maximum atomic E-state index is 13.1. The lowest BCUT2D eigenvalue weighted by atomic mass is 10.2. The molecule has 0 spiro atoms. The number of hydrogen-bond acceptors (Lipinski definition) is 6. The molecular formula is C19H18F3N3O3S. The van der Waals surface area contributed by atoms with Gasteiger partial charge < -0.3 is 9.47 Å². The van der Waals surface area contributed by atoms with Crippen molar-refractivity contribution in [2.45, 2.75) is 26.1 Å². The van der Waals surface area contributed by atoms with Gasteiger partial charge in [-0.1, -0.05) is 12.1 Å². The minimum Gasteiger partial charge on any atom is -0.457 e. The van der Waals surface area contributed by atoms with Crippen molar-refractivity contribution in [3.05, 3.63) is 53.2 Å². The fraction of sp³-hybridized carbons (Fsp3) is 0.316. The van der Waals surface area contributed by atoms with E-state index in [9.17, 15) is 18.0 Å². The molecule has 3 rings (SSSR count). The van der Waals surface area contributed by atoms with Crippen LogP contribution in [0.25, 0.3) is 16.4 Å². The van der Waals surface area contributed by atoms with Gasteiger partial charge in [0.05, 0.1) is 28.8 Å². The lowest BCUT2D eigenvalue weighted by Crippen LogP contribution is -2.14. The number of esters is 1. The van der Waals surface area contributed by atoms with Gasteiger partial charge in [-0.05, 0) is 43.5 Å². The number of rotatable bonds is 7. The standard InChI is InChI=1S/C19H18F3N3O3S/c1-12(2)27-8-9-28-18(26)16-23-17(15-7-4-10-29-15)25(24-16)14-6-3-5-13(11-14)19(20,21)22/h3-7,10-12H,8-9H2,1-2H3. The second-order valence-electron chi connectivity index (χ2n) is 6.25. The quantitative estimate of drug-likeness (QED) is 0.409. The van der Waals surface area contributed by atoms with Gasteiger partial charge in [-0.3, -0.25) is 0 Å². The van der Waals surface area contributed by atoms with Crippen molar-refractivity contribution in [3.8, 4) is 16.4 Å². The van der Waals surface area contributed by atoms with Gasteiger partial charge in [-0.25, -0.2) is 9.48 Å². The third kappa shape index (κ3) is 5.21. The lowest BCUT2D eigenvalue weighted by Gasteiger charge is -2.09. The highest BCUT2D eigenvalue weighted by molar-refractivity contribution is 7.13. The van der Waals surface area contributed by atoms with Gasteiger partial charge in [-0.15, -0.1) is 16.4 Å². The van der Waals surface area contributed by atoms with Gasteiger partial charge in [0.2, 0.25) is 0 Å². The fourth-order valence-electron chi connectivity index (χ4n) is 2.44. The molecule has 29 heavy (non-hydrogen) atoms. The molecule has 3 aromatic rings. The molecule has 0 saturated heterocycles. The zero-order valence-electron chi connectivity index (χ0n) is 15.6. The number of nitrogens with zero attached hydrogens (tertiary/aromatic N) is 3. The van der Waals surface area contributed by atoms with Crippen LogP contribution in [0.5, 0.6) is 0 Å². The number of alkyl halides is 3. The van der Waals surface area contributed by atoms with E-state index in [2.05, 4.69) is 10.1 Å². The number of carbonyl (C=O) groups excluding carboxylic acids is 1. The molecule has 2 aromatic heterocycles. The van der Waals surface area contributed by atoms with Crippen molar-refractivity contribution < 1.29 is 27.4 Å². The van der Waals surface area contributed by atoms with Crippen LogP contribution in [0.2, 0.25) is 0 Å². The van der Waals surface area contributed by atoms with E-state index in [4.69, 9.17) is 9.47 Å². The van der Waals surface area contributed by atoms with Crippen LogP contribution in [0.3, 0.4) is 0 Å². The Labute approximate surface area is 168 Å². The first-order chi connectivity index (χ1) is 13.8. The normalized spacial score (nSPS) is 11.8. The zero-order valence-corrected chi connectivity index (χ0v) is 16.5. The molecule has 0 N–H and O–H groups in total. The van der Waals surface area contributed by atoms with Crippen LogP contribution < -0.4 is 0 Å². The van der Waals surface area contributed by atoms with E-state index in [1.54, 1.807) is 17.5 Å². The molecule has 0 bridgehead atoms. The third-order valence-electron chi connectivity index (χ3n) is 3.72. The van der Waals surface area contributed by atoms with E-state index in [1.807, 2.05) is 13.8 Å². The fourth-order valence-corrected chi connectivity index (χ4v) is 3.14. The third-order valence-corrected chi connectivity index (χ3v) is 4.58. The monoisotopic (exact) mass is 425 g/mol. The molecule has 0 atom stereocenters. The molecule has 1 aromatic carbocycles. The lowest BCUT2D eigenvalue weighted by molar-refractivity contribution is -0.137. The van der Waals surface area contributed by atoms with Crippen LogP contribution in [0.15, 0.2) is 41.8 Å².